The largest absolute Gasteiger partial charge is 0.340 e. The predicted octanol–water partition coefficient (Wildman–Crippen LogP) is 5.29. The maximum atomic E-state index is 13.4. The zero-order chi connectivity index (χ0) is 34.3. The predicted molar refractivity (Wildman–Crippen MR) is 188 cm³/mol. The number of hydrogen-bond donors (Lipinski definition) is 2. The van der Waals surface area contributed by atoms with Crippen LogP contribution in [0.1, 0.15) is 94.9 Å². The smallest absolute Gasteiger partial charge is 0.161 e. The van der Waals surface area contributed by atoms with Crippen molar-refractivity contribution < 1.29 is 19.2 Å². The van der Waals surface area contributed by atoms with E-state index in [1.54, 1.807) is 0 Å². The average molecular weight is 682 g/mol. The molecule has 250 valence electrons. The number of carbonyl (C=O) groups excluding carboxylic acids is 4. The molecule has 14 aliphatic rings. The van der Waals surface area contributed by atoms with Gasteiger partial charge in [0.25, 0.3) is 0 Å². The lowest BCUT2D eigenvalue weighted by molar-refractivity contribution is -0.121. The van der Waals surface area contributed by atoms with E-state index < -0.39 is 23.7 Å². The summed E-state index contributed by atoms with van der Waals surface area (Å²) in [5.41, 5.74) is 9.84. The summed E-state index contributed by atoms with van der Waals surface area (Å²) in [4.78, 5) is 86.4. The lowest BCUT2D eigenvalue weighted by Crippen LogP contribution is -2.29. The minimum atomic E-state index is -0.484. The third kappa shape index (κ3) is 3.26. The highest BCUT2D eigenvalue weighted by Crippen LogP contribution is 2.53. The van der Waals surface area contributed by atoms with E-state index in [1.165, 1.54) is 0 Å². The fourth-order valence-electron chi connectivity index (χ4n) is 10.8. The van der Waals surface area contributed by atoms with Gasteiger partial charge in [0.05, 0.1) is 23.7 Å². The summed E-state index contributed by atoms with van der Waals surface area (Å²) in [5.74, 6) is -0.0789. The van der Waals surface area contributed by atoms with Gasteiger partial charge >= 0.3 is 0 Å². The Morgan fingerprint density at radius 3 is 1.38 bits per heavy atom. The lowest BCUT2D eigenvalue weighted by atomic mass is 9.70. The first-order valence-electron chi connectivity index (χ1n) is 18.1. The fraction of sp³-hybridized carbons (Fsp3) is 0.293. The van der Waals surface area contributed by atoms with Crippen LogP contribution in [0.25, 0.3) is 44.6 Å². The molecule has 0 saturated carbocycles. The molecule has 2 N–H and O–H groups in total. The van der Waals surface area contributed by atoms with Crippen LogP contribution in [0, 0.1) is 23.7 Å². The van der Waals surface area contributed by atoms with Crippen molar-refractivity contribution in [1.29, 1.82) is 0 Å². The van der Waals surface area contributed by atoms with Crippen LogP contribution in [0.15, 0.2) is 54.7 Å². The number of hydrogen-bond acceptors (Lipinski definition) is 9. The monoisotopic (exact) mass is 681 g/mol. The van der Waals surface area contributed by atoms with E-state index in [4.69, 9.17) is 24.9 Å². The molecule has 16 bridgehead atoms. The molecule has 0 amide bonds. The molecule has 12 aliphatic carbocycles. The molecule has 0 fully saturated rings. The van der Waals surface area contributed by atoms with E-state index in [0.717, 1.165) is 55.6 Å². The van der Waals surface area contributed by atoms with Crippen LogP contribution in [0.3, 0.4) is 0 Å². The van der Waals surface area contributed by atoms with Gasteiger partial charge in [-0.05, 0) is 17.2 Å². The Bertz CT molecular complexity index is 2790. The molecule has 11 nitrogen and oxygen atoms in total. The second kappa shape index (κ2) is 9.08. The number of ketones is 4. The third-order valence-corrected chi connectivity index (χ3v) is 13.0. The van der Waals surface area contributed by atoms with E-state index in [0.29, 0.717) is 60.3 Å². The summed E-state index contributed by atoms with van der Waals surface area (Å²) < 4.78 is 0. The summed E-state index contributed by atoms with van der Waals surface area (Å²) in [6.07, 6.45) is 17.8. The van der Waals surface area contributed by atoms with Crippen molar-refractivity contribution in [3.8, 4) is 0 Å². The van der Waals surface area contributed by atoms with Gasteiger partial charge in [-0.3, -0.25) is 19.2 Å². The second-order valence-corrected chi connectivity index (χ2v) is 15.6. The molecule has 52 heavy (non-hydrogen) atoms. The summed E-state index contributed by atoms with van der Waals surface area (Å²) in [6, 6.07) is 2.05. The number of aromatic amines is 2. The lowest BCUT2D eigenvalue weighted by Gasteiger charge is -2.31. The summed E-state index contributed by atoms with van der Waals surface area (Å²) >= 11 is 0. The van der Waals surface area contributed by atoms with Crippen molar-refractivity contribution in [2.45, 2.75) is 49.4 Å². The number of nitrogens with zero attached hydrogens (tertiary/aromatic N) is 5. The molecule has 5 heterocycles. The van der Waals surface area contributed by atoms with Gasteiger partial charge in [-0.2, -0.15) is 0 Å². The zero-order valence-corrected chi connectivity index (χ0v) is 27.5. The van der Waals surface area contributed by atoms with Crippen LogP contribution in [0.5, 0.6) is 0 Å². The number of carbonyl (C=O) groups is 4. The van der Waals surface area contributed by atoms with Crippen LogP contribution < -0.4 is 0 Å². The molecule has 3 aromatic heterocycles. The van der Waals surface area contributed by atoms with E-state index in [-0.39, 0.29) is 46.8 Å². The molecule has 2 aliphatic heterocycles. The summed E-state index contributed by atoms with van der Waals surface area (Å²) in [7, 11) is 0. The maximum Gasteiger partial charge on any atom is 0.161 e. The van der Waals surface area contributed by atoms with Gasteiger partial charge in [0.2, 0.25) is 0 Å². The Morgan fingerprint density at radius 2 is 0.808 bits per heavy atom. The first-order valence-corrected chi connectivity index (χ1v) is 18.1. The highest BCUT2D eigenvalue weighted by atomic mass is 16.1. The highest BCUT2D eigenvalue weighted by molar-refractivity contribution is 6.11. The SMILES string of the molecule is O=C1CC2C=CC1C1=C2c2nc1nc1[nH]c(cc3[nH]c(nc4nc(n2)C2=C4C4C=C[C@H]2C(=O)C4)c2c3[C@H]3C=CC2C(=O)C3)c2c1C1C=CC2C(=O)C1. The van der Waals surface area contributed by atoms with Gasteiger partial charge in [-0.25, -0.2) is 24.9 Å². The van der Waals surface area contributed by atoms with Gasteiger partial charge in [0.15, 0.2) is 23.3 Å². The third-order valence-electron chi connectivity index (χ3n) is 13.0. The van der Waals surface area contributed by atoms with Crippen molar-refractivity contribution in [3.05, 3.63) is 100 Å². The van der Waals surface area contributed by atoms with Crippen molar-refractivity contribution >= 4 is 67.8 Å². The van der Waals surface area contributed by atoms with Crippen molar-refractivity contribution in [1.82, 2.24) is 34.9 Å². The molecule has 8 atom stereocenters. The van der Waals surface area contributed by atoms with Crippen LogP contribution >= 0.6 is 0 Å². The number of Topliss-reactive ketones (excluding diaryl/α,β-unsaturated/α-hetero) is 4. The van der Waals surface area contributed by atoms with Crippen LogP contribution in [0.2, 0.25) is 0 Å². The maximum absolute atomic E-state index is 13.4. The quantitative estimate of drug-likeness (QED) is 0.300. The van der Waals surface area contributed by atoms with Crippen molar-refractivity contribution in [2.24, 2.45) is 23.7 Å². The Labute approximate surface area is 294 Å². The Hall–Kier alpha value is -5.97. The van der Waals surface area contributed by atoms with E-state index in [1.807, 2.05) is 30.4 Å². The van der Waals surface area contributed by atoms with Crippen molar-refractivity contribution in [2.75, 3.05) is 0 Å². The first-order chi connectivity index (χ1) is 25.4. The van der Waals surface area contributed by atoms with Gasteiger partial charge < -0.3 is 9.97 Å². The summed E-state index contributed by atoms with van der Waals surface area (Å²) in [5, 5.41) is 0. The molecule has 0 aromatic carbocycles. The van der Waals surface area contributed by atoms with Gasteiger partial charge in [-0.1, -0.05) is 48.6 Å². The minimum Gasteiger partial charge on any atom is -0.340 e. The normalized spacial score (nSPS) is 32.0. The van der Waals surface area contributed by atoms with Crippen LogP contribution in [0.4, 0.5) is 0 Å². The fourth-order valence-corrected chi connectivity index (χ4v) is 10.8. The summed E-state index contributed by atoms with van der Waals surface area (Å²) in [6.45, 7) is 0. The van der Waals surface area contributed by atoms with E-state index >= 15 is 0 Å². The van der Waals surface area contributed by atoms with E-state index in [9.17, 15) is 19.2 Å². The number of fused-ring (bicyclic) bond motifs is 12. The number of aromatic nitrogens is 7. The number of rotatable bonds is 0. The molecule has 0 radical (unpaired) electrons. The van der Waals surface area contributed by atoms with Gasteiger partial charge in [0, 0.05) is 93.8 Å². The Kier molecular flexibility index (Phi) is 4.84. The molecule has 0 spiro atoms. The molecule has 11 heteroatoms. The molecule has 6 unspecified atom stereocenters. The Balaban J connectivity index is 1.20. The average Bonchev–Trinajstić information content (AvgIpc) is 3.90. The molecular formula is C41H27N7O4. The first kappa shape index (κ1) is 27.7. The minimum absolute atomic E-state index is 0.114. The number of H-pyrrole nitrogens is 2. The van der Waals surface area contributed by atoms with Crippen LogP contribution in [-0.4, -0.2) is 58.0 Å². The standard InChI is InChI=1S/C41H27N7O4/c49-24-10-15-2-5-18(24)32-23-13-22-28-14-1-6-19(25(50)9-14)33(28)39(42-22)45-37-30-16-3-8-21(27(52)11-16)35(30)41(46-37)48-38-31-17-4-7-20(26(51)12-17)34(31)40(47-38)44-36(43-23)29(15)32/h1-8,13-21H,9-12H2,(H2,42,43,44,45,46,47,48)/t14-,15?,16?,17?,18?,19?,20?,21-/m0/s1. The van der Waals surface area contributed by atoms with Gasteiger partial charge in [-0.15, -0.1) is 0 Å². The molecular weight excluding hydrogens is 654 g/mol. The van der Waals surface area contributed by atoms with E-state index in [2.05, 4.69) is 34.3 Å². The topological polar surface area (TPSA) is 164 Å². The zero-order valence-electron chi connectivity index (χ0n) is 27.5. The number of nitrogens with one attached hydrogen (secondary N) is 2. The second-order valence-electron chi connectivity index (χ2n) is 15.6. The molecule has 17 rings (SSSR count). The number of allylic oxidation sites excluding steroid dienone is 12. The molecule has 0 saturated heterocycles. The highest BCUT2D eigenvalue weighted by Gasteiger charge is 2.47. The van der Waals surface area contributed by atoms with Crippen LogP contribution in [-0.2, 0) is 19.2 Å². The van der Waals surface area contributed by atoms with Crippen molar-refractivity contribution in [3.63, 3.8) is 0 Å². The van der Waals surface area contributed by atoms with Gasteiger partial charge in [0.1, 0.15) is 34.4 Å². The Morgan fingerprint density at radius 1 is 0.404 bits per heavy atom. The molecule has 3 aromatic rings.